The summed E-state index contributed by atoms with van der Waals surface area (Å²) in [5.41, 5.74) is 3.18. The fraction of sp³-hybridized carbons (Fsp3) is 0.185. The number of benzene rings is 4. The molecule has 0 bridgehead atoms. The second kappa shape index (κ2) is 8.97. The first-order valence-corrected chi connectivity index (χ1v) is 10.8. The van der Waals surface area contributed by atoms with Crippen LogP contribution >= 0.6 is 11.6 Å². The van der Waals surface area contributed by atoms with Gasteiger partial charge >= 0.3 is 6.18 Å². The Morgan fingerprint density at radius 1 is 0.750 bits per heavy atom. The number of halogens is 4. The Kier molecular flexibility index (Phi) is 6.27. The van der Waals surface area contributed by atoms with Gasteiger partial charge in [0, 0.05) is 17.1 Å². The molecule has 4 aromatic rings. The van der Waals surface area contributed by atoms with E-state index in [1.165, 1.54) is 0 Å². The minimum atomic E-state index is -4.35. The van der Waals surface area contributed by atoms with Crippen molar-refractivity contribution in [1.29, 1.82) is 0 Å². The molecule has 1 N–H and O–H groups in total. The van der Waals surface area contributed by atoms with Crippen LogP contribution in [0.3, 0.4) is 0 Å². The van der Waals surface area contributed by atoms with Crippen molar-refractivity contribution in [3.8, 4) is 11.1 Å². The molecule has 0 aliphatic heterocycles. The topological polar surface area (TPSA) is 12.0 Å². The van der Waals surface area contributed by atoms with Crippen LogP contribution in [0.5, 0.6) is 0 Å². The molecule has 0 spiro atoms. The van der Waals surface area contributed by atoms with E-state index in [1.54, 1.807) is 12.1 Å². The molecule has 1 nitrogen and oxygen atoms in total. The van der Waals surface area contributed by atoms with Crippen LogP contribution < -0.4 is 5.32 Å². The predicted molar refractivity (Wildman–Crippen MR) is 126 cm³/mol. The van der Waals surface area contributed by atoms with Gasteiger partial charge in [-0.3, -0.25) is 0 Å². The molecule has 0 aliphatic rings. The Morgan fingerprint density at radius 3 is 2.12 bits per heavy atom. The maximum Gasteiger partial charge on any atom is 0.416 e. The van der Waals surface area contributed by atoms with Crippen LogP contribution in [0.25, 0.3) is 21.9 Å². The van der Waals surface area contributed by atoms with E-state index in [-0.39, 0.29) is 12.1 Å². The number of alkyl halides is 3. The molecule has 1 unspecified atom stereocenters. The maximum absolute atomic E-state index is 13.0. The standard InChI is InChI=1S/C27H23ClF3N/c1-17(20-7-5-8-24(28)15-20)32-18(2)22-14-21-6-3-4-9-25(21)26(16-22)19-10-12-23(13-11-19)27(29,30)31/h3-18,32H,1-2H3/t17-,18?/m1/s1. The maximum atomic E-state index is 13.0. The zero-order valence-electron chi connectivity index (χ0n) is 17.7. The van der Waals surface area contributed by atoms with Crippen LogP contribution in [0.15, 0.2) is 84.9 Å². The Hall–Kier alpha value is -2.82. The van der Waals surface area contributed by atoms with Crippen molar-refractivity contribution < 1.29 is 13.2 Å². The Bertz CT molecular complexity index is 1230. The van der Waals surface area contributed by atoms with Crippen LogP contribution in [-0.2, 0) is 6.18 Å². The quantitative estimate of drug-likeness (QED) is 0.319. The summed E-state index contributed by atoms with van der Waals surface area (Å²) < 4.78 is 39.0. The lowest BCUT2D eigenvalue weighted by Gasteiger charge is -2.22. The van der Waals surface area contributed by atoms with Crippen molar-refractivity contribution in [2.45, 2.75) is 32.1 Å². The molecule has 0 saturated heterocycles. The molecule has 4 aromatic carbocycles. The highest BCUT2D eigenvalue weighted by atomic mass is 35.5. The molecule has 0 aliphatic carbocycles. The highest BCUT2D eigenvalue weighted by Gasteiger charge is 2.30. The molecule has 0 aromatic heterocycles. The SMILES string of the molecule is CC(N[C@H](C)c1cccc(Cl)c1)c1cc(-c2ccc(C(F)(F)F)cc2)c2ccccc2c1. The zero-order chi connectivity index (χ0) is 22.9. The summed E-state index contributed by atoms with van der Waals surface area (Å²) in [6.45, 7) is 4.17. The van der Waals surface area contributed by atoms with Crippen molar-refractivity contribution >= 4 is 22.4 Å². The second-order valence-electron chi connectivity index (χ2n) is 8.03. The van der Waals surface area contributed by atoms with E-state index >= 15 is 0 Å². The normalized spacial score (nSPS) is 13.8. The van der Waals surface area contributed by atoms with Crippen molar-refractivity contribution in [2.75, 3.05) is 0 Å². The highest BCUT2D eigenvalue weighted by Crippen LogP contribution is 2.35. The van der Waals surface area contributed by atoms with E-state index in [9.17, 15) is 13.2 Å². The van der Waals surface area contributed by atoms with E-state index in [0.717, 1.165) is 45.2 Å². The molecule has 0 fully saturated rings. The minimum absolute atomic E-state index is 0.0155. The monoisotopic (exact) mass is 453 g/mol. The minimum Gasteiger partial charge on any atom is -0.304 e. The first-order valence-electron chi connectivity index (χ1n) is 10.4. The summed E-state index contributed by atoms with van der Waals surface area (Å²) in [5.74, 6) is 0. The van der Waals surface area contributed by atoms with Crippen LogP contribution in [0, 0.1) is 0 Å². The Balaban J connectivity index is 1.70. The van der Waals surface area contributed by atoms with E-state index in [0.29, 0.717) is 5.02 Å². The van der Waals surface area contributed by atoms with E-state index in [4.69, 9.17) is 11.6 Å². The summed E-state index contributed by atoms with van der Waals surface area (Å²) in [6, 6.07) is 25.3. The van der Waals surface area contributed by atoms with Gasteiger partial charge in [0.1, 0.15) is 0 Å². The Labute approximate surface area is 190 Å². The zero-order valence-corrected chi connectivity index (χ0v) is 18.5. The van der Waals surface area contributed by atoms with Gasteiger partial charge in [-0.1, -0.05) is 60.1 Å². The van der Waals surface area contributed by atoms with Gasteiger partial charge < -0.3 is 5.32 Å². The van der Waals surface area contributed by atoms with E-state index in [1.807, 2.05) is 48.5 Å². The molecule has 164 valence electrons. The fourth-order valence-corrected chi connectivity index (χ4v) is 4.20. The fourth-order valence-electron chi connectivity index (χ4n) is 4.00. The van der Waals surface area contributed by atoms with Crippen LogP contribution in [0.2, 0.25) is 5.02 Å². The molecule has 0 saturated carbocycles. The average molecular weight is 454 g/mol. The molecule has 0 amide bonds. The summed E-state index contributed by atoms with van der Waals surface area (Å²) in [7, 11) is 0. The number of rotatable bonds is 5. The molecule has 0 heterocycles. The van der Waals surface area contributed by atoms with Crippen LogP contribution in [0.4, 0.5) is 13.2 Å². The van der Waals surface area contributed by atoms with Gasteiger partial charge in [-0.25, -0.2) is 0 Å². The molecule has 4 rings (SSSR count). The largest absolute Gasteiger partial charge is 0.416 e. The van der Waals surface area contributed by atoms with Crippen LogP contribution in [0.1, 0.15) is 42.6 Å². The number of hydrogen-bond acceptors (Lipinski definition) is 1. The van der Waals surface area contributed by atoms with E-state index < -0.39 is 11.7 Å². The van der Waals surface area contributed by atoms with Gasteiger partial charge in [0.25, 0.3) is 0 Å². The first-order chi connectivity index (χ1) is 15.2. The summed E-state index contributed by atoms with van der Waals surface area (Å²) in [5, 5.41) is 6.35. The first kappa shape index (κ1) is 22.4. The molecule has 0 radical (unpaired) electrons. The van der Waals surface area contributed by atoms with Gasteiger partial charge in [0.15, 0.2) is 0 Å². The molecule has 5 heteroatoms. The van der Waals surface area contributed by atoms with Gasteiger partial charge in [0.05, 0.1) is 5.56 Å². The molecular weight excluding hydrogens is 431 g/mol. The molecule has 2 atom stereocenters. The Morgan fingerprint density at radius 2 is 1.44 bits per heavy atom. The van der Waals surface area contributed by atoms with Crippen LogP contribution in [-0.4, -0.2) is 0 Å². The van der Waals surface area contributed by atoms with Crippen molar-refractivity contribution in [3.05, 3.63) is 107 Å². The third-order valence-corrected chi connectivity index (χ3v) is 5.99. The predicted octanol–water partition coefficient (Wildman–Crippen LogP) is 8.59. The van der Waals surface area contributed by atoms with Gasteiger partial charge in [0.2, 0.25) is 0 Å². The lowest BCUT2D eigenvalue weighted by molar-refractivity contribution is -0.137. The summed E-state index contributed by atoms with van der Waals surface area (Å²) in [6.07, 6.45) is -4.35. The highest BCUT2D eigenvalue weighted by molar-refractivity contribution is 6.30. The number of hydrogen-bond donors (Lipinski definition) is 1. The summed E-state index contributed by atoms with van der Waals surface area (Å²) in [4.78, 5) is 0. The van der Waals surface area contributed by atoms with Crippen molar-refractivity contribution in [3.63, 3.8) is 0 Å². The van der Waals surface area contributed by atoms with E-state index in [2.05, 4.69) is 31.3 Å². The molecular formula is C27H23ClF3N. The third kappa shape index (κ3) is 4.82. The van der Waals surface area contributed by atoms with Crippen molar-refractivity contribution in [1.82, 2.24) is 5.32 Å². The lowest BCUT2D eigenvalue weighted by Crippen LogP contribution is -2.22. The second-order valence-corrected chi connectivity index (χ2v) is 8.47. The van der Waals surface area contributed by atoms with Crippen molar-refractivity contribution in [2.24, 2.45) is 0 Å². The molecule has 32 heavy (non-hydrogen) atoms. The third-order valence-electron chi connectivity index (χ3n) is 5.76. The van der Waals surface area contributed by atoms with Gasteiger partial charge in [-0.05, 0) is 83.3 Å². The average Bonchev–Trinajstić information content (AvgIpc) is 2.77. The van der Waals surface area contributed by atoms with Gasteiger partial charge in [-0.2, -0.15) is 13.2 Å². The lowest BCUT2D eigenvalue weighted by atomic mass is 9.92. The number of nitrogens with one attached hydrogen (secondary N) is 1. The smallest absolute Gasteiger partial charge is 0.304 e. The number of fused-ring (bicyclic) bond motifs is 1. The van der Waals surface area contributed by atoms with Gasteiger partial charge in [-0.15, -0.1) is 0 Å². The summed E-state index contributed by atoms with van der Waals surface area (Å²) >= 11 is 6.14.